The van der Waals surface area contributed by atoms with E-state index in [1.807, 2.05) is 34.6 Å². The second-order valence-corrected chi connectivity index (χ2v) is 5.62. The summed E-state index contributed by atoms with van der Waals surface area (Å²) in [4.78, 5) is 29.7. The van der Waals surface area contributed by atoms with Gasteiger partial charge in [0, 0.05) is 18.5 Å². The number of amides is 2. The molecule has 0 aromatic carbocycles. The van der Waals surface area contributed by atoms with E-state index in [0.29, 0.717) is 12.3 Å². The van der Waals surface area contributed by atoms with Gasteiger partial charge in [0.15, 0.2) is 5.69 Å². The molecule has 0 spiro atoms. The first kappa shape index (κ1) is 17.2. The average Bonchev–Trinajstić information content (AvgIpc) is 2.83. The monoisotopic (exact) mass is 295 g/mol. The SMILES string of the molecule is CCCC(=O)N(Cc1nc(C(=O)NC(C)C)co1)C(C)C. The minimum Gasteiger partial charge on any atom is -0.446 e. The highest BCUT2D eigenvalue weighted by Crippen LogP contribution is 2.11. The van der Waals surface area contributed by atoms with Crippen molar-refractivity contribution < 1.29 is 14.0 Å². The zero-order valence-electron chi connectivity index (χ0n) is 13.5. The van der Waals surface area contributed by atoms with Gasteiger partial charge in [0.1, 0.15) is 6.26 Å². The number of oxazole rings is 1. The van der Waals surface area contributed by atoms with Gasteiger partial charge < -0.3 is 14.6 Å². The summed E-state index contributed by atoms with van der Waals surface area (Å²) < 4.78 is 5.31. The van der Waals surface area contributed by atoms with Crippen LogP contribution >= 0.6 is 0 Å². The third-order valence-corrected chi connectivity index (χ3v) is 2.92. The molecule has 6 nitrogen and oxygen atoms in total. The Kier molecular flexibility index (Phi) is 6.39. The van der Waals surface area contributed by atoms with Gasteiger partial charge in [0.25, 0.3) is 5.91 Å². The van der Waals surface area contributed by atoms with Gasteiger partial charge in [-0.15, -0.1) is 0 Å². The van der Waals surface area contributed by atoms with Gasteiger partial charge in [-0.2, -0.15) is 0 Å². The van der Waals surface area contributed by atoms with Crippen molar-refractivity contribution in [1.82, 2.24) is 15.2 Å². The highest BCUT2D eigenvalue weighted by molar-refractivity contribution is 5.92. The molecular weight excluding hydrogens is 270 g/mol. The van der Waals surface area contributed by atoms with E-state index in [9.17, 15) is 9.59 Å². The fourth-order valence-electron chi connectivity index (χ4n) is 1.89. The van der Waals surface area contributed by atoms with Crippen LogP contribution in [0.4, 0.5) is 0 Å². The van der Waals surface area contributed by atoms with E-state index in [4.69, 9.17) is 4.42 Å². The van der Waals surface area contributed by atoms with Crippen molar-refractivity contribution in [1.29, 1.82) is 0 Å². The molecule has 1 heterocycles. The Balaban J connectivity index is 2.75. The first-order valence-corrected chi connectivity index (χ1v) is 7.39. The zero-order valence-corrected chi connectivity index (χ0v) is 13.5. The number of carbonyl (C=O) groups excluding carboxylic acids is 2. The van der Waals surface area contributed by atoms with E-state index in [-0.39, 0.29) is 36.1 Å². The fourth-order valence-corrected chi connectivity index (χ4v) is 1.89. The number of hydrogen-bond donors (Lipinski definition) is 1. The normalized spacial score (nSPS) is 11.0. The Hall–Kier alpha value is -1.85. The van der Waals surface area contributed by atoms with Gasteiger partial charge >= 0.3 is 0 Å². The standard InChI is InChI=1S/C15H25N3O3/c1-6-7-14(19)18(11(4)5)8-13-17-12(9-21-13)15(20)16-10(2)3/h9-11H,6-8H2,1-5H3,(H,16,20). The lowest BCUT2D eigenvalue weighted by Crippen LogP contribution is -2.36. The Morgan fingerprint density at radius 1 is 1.33 bits per heavy atom. The minimum atomic E-state index is -0.268. The number of hydrogen-bond acceptors (Lipinski definition) is 4. The van der Waals surface area contributed by atoms with E-state index >= 15 is 0 Å². The third kappa shape index (κ3) is 5.21. The van der Waals surface area contributed by atoms with Gasteiger partial charge in [-0.3, -0.25) is 9.59 Å². The lowest BCUT2D eigenvalue weighted by atomic mass is 10.2. The summed E-state index contributed by atoms with van der Waals surface area (Å²) in [5, 5.41) is 2.75. The van der Waals surface area contributed by atoms with Crippen molar-refractivity contribution >= 4 is 11.8 Å². The molecule has 0 aliphatic heterocycles. The molecule has 0 atom stereocenters. The minimum absolute atomic E-state index is 0.0379. The largest absolute Gasteiger partial charge is 0.446 e. The van der Waals surface area contributed by atoms with Crippen LogP contribution in [0, 0.1) is 0 Å². The maximum absolute atomic E-state index is 12.1. The Morgan fingerprint density at radius 2 is 2.00 bits per heavy atom. The lowest BCUT2D eigenvalue weighted by molar-refractivity contribution is -0.133. The predicted molar refractivity (Wildman–Crippen MR) is 79.7 cm³/mol. The predicted octanol–water partition coefficient (Wildman–Crippen LogP) is 2.35. The molecule has 6 heteroatoms. The third-order valence-electron chi connectivity index (χ3n) is 2.92. The maximum atomic E-state index is 12.1. The van der Waals surface area contributed by atoms with E-state index in [1.165, 1.54) is 6.26 Å². The second-order valence-electron chi connectivity index (χ2n) is 5.62. The van der Waals surface area contributed by atoms with Crippen molar-refractivity contribution in [3.8, 4) is 0 Å². The molecule has 21 heavy (non-hydrogen) atoms. The molecule has 1 aromatic rings. The molecule has 118 valence electrons. The van der Waals surface area contributed by atoms with Crippen LogP contribution in [0.2, 0.25) is 0 Å². The van der Waals surface area contributed by atoms with Crippen LogP contribution in [0.25, 0.3) is 0 Å². The van der Waals surface area contributed by atoms with Gasteiger partial charge in [-0.1, -0.05) is 6.92 Å². The molecule has 0 unspecified atom stereocenters. The smallest absolute Gasteiger partial charge is 0.273 e. The van der Waals surface area contributed by atoms with Gasteiger partial charge in [-0.25, -0.2) is 4.98 Å². The molecule has 2 amide bonds. The number of rotatable bonds is 7. The van der Waals surface area contributed by atoms with Crippen LogP contribution in [0.15, 0.2) is 10.7 Å². The van der Waals surface area contributed by atoms with Crippen LogP contribution in [0.5, 0.6) is 0 Å². The quantitative estimate of drug-likeness (QED) is 0.837. The van der Waals surface area contributed by atoms with Crippen LogP contribution < -0.4 is 5.32 Å². The number of nitrogens with one attached hydrogen (secondary N) is 1. The van der Waals surface area contributed by atoms with Crippen molar-refractivity contribution in [2.45, 2.75) is 66.1 Å². The highest BCUT2D eigenvalue weighted by Gasteiger charge is 2.20. The van der Waals surface area contributed by atoms with Crippen LogP contribution in [0.1, 0.15) is 63.8 Å². The van der Waals surface area contributed by atoms with Crippen LogP contribution in [-0.4, -0.2) is 33.8 Å². The van der Waals surface area contributed by atoms with Crippen LogP contribution in [0.3, 0.4) is 0 Å². The van der Waals surface area contributed by atoms with E-state index < -0.39 is 0 Å². The first-order chi connectivity index (χ1) is 9.85. The summed E-state index contributed by atoms with van der Waals surface area (Å²) in [6, 6.07) is 0.0971. The Labute approximate surface area is 125 Å². The lowest BCUT2D eigenvalue weighted by Gasteiger charge is -2.25. The van der Waals surface area contributed by atoms with Crippen molar-refractivity contribution in [2.24, 2.45) is 0 Å². The average molecular weight is 295 g/mol. The van der Waals surface area contributed by atoms with Crippen molar-refractivity contribution in [3.63, 3.8) is 0 Å². The summed E-state index contributed by atoms with van der Waals surface area (Å²) in [7, 11) is 0. The summed E-state index contributed by atoms with van der Waals surface area (Å²) in [6.45, 7) is 9.90. The molecule has 0 radical (unpaired) electrons. The highest BCUT2D eigenvalue weighted by atomic mass is 16.3. The summed E-state index contributed by atoms with van der Waals surface area (Å²) in [5.74, 6) is 0.178. The fraction of sp³-hybridized carbons (Fsp3) is 0.667. The molecule has 0 bridgehead atoms. The molecule has 0 aliphatic rings. The van der Waals surface area contributed by atoms with E-state index in [2.05, 4.69) is 10.3 Å². The summed E-state index contributed by atoms with van der Waals surface area (Å²) >= 11 is 0. The summed E-state index contributed by atoms with van der Waals surface area (Å²) in [6.07, 6.45) is 2.63. The molecule has 0 saturated heterocycles. The Bertz CT molecular complexity index is 480. The molecule has 1 aromatic heterocycles. The summed E-state index contributed by atoms with van der Waals surface area (Å²) in [5.41, 5.74) is 0.241. The maximum Gasteiger partial charge on any atom is 0.273 e. The number of nitrogens with zero attached hydrogens (tertiary/aromatic N) is 2. The number of aromatic nitrogens is 1. The molecular formula is C15H25N3O3. The molecule has 0 fully saturated rings. The second kappa shape index (κ2) is 7.81. The molecule has 0 aliphatic carbocycles. The van der Waals surface area contributed by atoms with E-state index in [0.717, 1.165) is 6.42 Å². The molecule has 1 rings (SSSR count). The molecule has 0 saturated carbocycles. The van der Waals surface area contributed by atoms with Gasteiger partial charge in [-0.05, 0) is 34.1 Å². The van der Waals surface area contributed by atoms with E-state index in [1.54, 1.807) is 4.90 Å². The molecule has 1 N–H and O–H groups in total. The van der Waals surface area contributed by atoms with Gasteiger partial charge in [0.05, 0.1) is 6.54 Å². The van der Waals surface area contributed by atoms with Gasteiger partial charge in [0.2, 0.25) is 11.8 Å². The zero-order chi connectivity index (χ0) is 16.0. The first-order valence-electron chi connectivity index (χ1n) is 7.39. The van der Waals surface area contributed by atoms with Crippen molar-refractivity contribution in [3.05, 3.63) is 17.8 Å². The Morgan fingerprint density at radius 3 is 2.52 bits per heavy atom. The number of carbonyl (C=O) groups is 2. The van der Waals surface area contributed by atoms with Crippen molar-refractivity contribution in [2.75, 3.05) is 0 Å². The van der Waals surface area contributed by atoms with Crippen LogP contribution in [-0.2, 0) is 11.3 Å². The topological polar surface area (TPSA) is 75.4 Å².